The van der Waals surface area contributed by atoms with Crippen LogP contribution in [0.3, 0.4) is 0 Å². The van der Waals surface area contributed by atoms with E-state index in [0.29, 0.717) is 5.41 Å². The third kappa shape index (κ3) is 4.87. The van der Waals surface area contributed by atoms with Gasteiger partial charge in [0.2, 0.25) is 0 Å². The zero-order chi connectivity index (χ0) is 13.0. The molecule has 0 aromatic rings. The minimum atomic E-state index is 0.492. The molecule has 0 aromatic carbocycles. The standard InChI is InChI=1S/C15H31N3/c1-15(2,3)5-9-18-12-14(13-18)4-8-17-10-6-16-7-11-17/h14,16H,4-13H2,1-3H3. The van der Waals surface area contributed by atoms with Gasteiger partial charge in [-0.1, -0.05) is 20.8 Å². The Morgan fingerprint density at radius 1 is 1.00 bits per heavy atom. The lowest BCUT2D eigenvalue weighted by Gasteiger charge is -2.41. The van der Waals surface area contributed by atoms with Crippen molar-refractivity contribution in [3.05, 3.63) is 0 Å². The minimum absolute atomic E-state index is 0.492. The van der Waals surface area contributed by atoms with E-state index in [1.807, 2.05) is 0 Å². The molecule has 0 amide bonds. The summed E-state index contributed by atoms with van der Waals surface area (Å²) in [5, 5.41) is 3.42. The van der Waals surface area contributed by atoms with E-state index in [4.69, 9.17) is 0 Å². The maximum absolute atomic E-state index is 3.42. The fraction of sp³-hybridized carbons (Fsp3) is 1.00. The van der Waals surface area contributed by atoms with Gasteiger partial charge < -0.3 is 15.1 Å². The van der Waals surface area contributed by atoms with Crippen molar-refractivity contribution in [2.24, 2.45) is 11.3 Å². The summed E-state index contributed by atoms with van der Waals surface area (Å²) in [4.78, 5) is 5.25. The molecule has 0 bridgehead atoms. The Hall–Kier alpha value is -0.120. The van der Waals surface area contributed by atoms with Gasteiger partial charge in [-0.15, -0.1) is 0 Å². The van der Waals surface area contributed by atoms with E-state index in [1.165, 1.54) is 65.2 Å². The normalized spacial score (nSPS) is 24.2. The van der Waals surface area contributed by atoms with Gasteiger partial charge in [0, 0.05) is 39.3 Å². The molecule has 2 saturated heterocycles. The lowest BCUT2D eigenvalue weighted by Crippen LogP contribution is -2.50. The van der Waals surface area contributed by atoms with E-state index in [9.17, 15) is 0 Å². The Morgan fingerprint density at radius 3 is 2.28 bits per heavy atom. The van der Waals surface area contributed by atoms with Crippen LogP contribution >= 0.6 is 0 Å². The summed E-state index contributed by atoms with van der Waals surface area (Å²) in [6.07, 6.45) is 2.74. The third-order valence-electron chi connectivity index (χ3n) is 4.27. The van der Waals surface area contributed by atoms with Crippen molar-refractivity contribution in [1.29, 1.82) is 0 Å². The van der Waals surface area contributed by atoms with Gasteiger partial charge >= 0.3 is 0 Å². The zero-order valence-electron chi connectivity index (χ0n) is 12.5. The van der Waals surface area contributed by atoms with Crippen LogP contribution in [0.1, 0.15) is 33.6 Å². The van der Waals surface area contributed by atoms with Crippen molar-refractivity contribution in [3.8, 4) is 0 Å². The molecule has 18 heavy (non-hydrogen) atoms. The molecule has 1 N–H and O–H groups in total. The van der Waals surface area contributed by atoms with Crippen LogP contribution in [0.4, 0.5) is 0 Å². The second-order valence-corrected chi connectivity index (χ2v) is 7.32. The Morgan fingerprint density at radius 2 is 1.67 bits per heavy atom. The molecule has 3 heteroatoms. The van der Waals surface area contributed by atoms with Crippen LogP contribution in [0, 0.1) is 11.3 Å². The van der Waals surface area contributed by atoms with Gasteiger partial charge in [0.05, 0.1) is 0 Å². The molecule has 0 radical (unpaired) electrons. The van der Waals surface area contributed by atoms with Crippen LogP contribution in [0.5, 0.6) is 0 Å². The Labute approximate surface area is 113 Å². The van der Waals surface area contributed by atoms with Gasteiger partial charge in [0.15, 0.2) is 0 Å². The second kappa shape index (κ2) is 6.36. The second-order valence-electron chi connectivity index (χ2n) is 7.32. The largest absolute Gasteiger partial charge is 0.314 e. The average molecular weight is 253 g/mol. The van der Waals surface area contributed by atoms with Crippen molar-refractivity contribution in [3.63, 3.8) is 0 Å². The number of likely N-dealkylation sites (tertiary alicyclic amines) is 1. The molecule has 0 saturated carbocycles. The molecule has 0 spiro atoms. The van der Waals surface area contributed by atoms with Crippen LogP contribution < -0.4 is 5.32 Å². The smallest absolute Gasteiger partial charge is 0.0107 e. The highest BCUT2D eigenvalue weighted by Crippen LogP contribution is 2.24. The van der Waals surface area contributed by atoms with Crippen LogP contribution in [-0.4, -0.2) is 62.2 Å². The lowest BCUT2D eigenvalue weighted by atomic mass is 9.89. The van der Waals surface area contributed by atoms with E-state index >= 15 is 0 Å². The number of piperazine rings is 1. The molecular formula is C15H31N3. The molecule has 2 aliphatic heterocycles. The first-order valence-electron chi connectivity index (χ1n) is 7.68. The van der Waals surface area contributed by atoms with E-state index in [-0.39, 0.29) is 0 Å². The van der Waals surface area contributed by atoms with Gasteiger partial charge in [0.1, 0.15) is 0 Å². The molecule has 2 heterocycles. The highest BCUT2D eigenvalue weighted by Gasteiger charge is 2.27. The van der Waals surface area contributed by atoms with Crippen molar-refractivity contribution in [2.45, 2.75) is 33.6 Å². The SMILES string of the molecule is CC(C)(C)CCN1CC(CCN2CCNCC2)C1. The predicted molar refractivity (Wildman–Crippen MR) is 77.9 cm³/mol. The van der Waals surface area contributed by atoms with E-state index in [1.54, 1.807) is 0 Å². The summed E-state index contributed by atoms with van der Waals surface area (Å²) in [5.74, 6) is 0.972. The molecule has 2 aliphatic rings. The predicted octanol–water partition coefficient (Wildman–Crippen LogP) is 1.65. The first kappa shape index (κ1) is 14.3. The van der Waals surface area contributed by atoms with E-state index in [0.717, 1.165) is 5.92 Å². The quantitative estimate of drug-likeness (QED) is 0.804. The minimum Gasteiger partial charge on any atom is -0.314 e. The number of hydrogen-bond acceptors (Lipinski definition) is 3. The van der Waals surface area contributed by atoms with Crippen molar-refractivity contribution in [2.75, 3.05) is 52.4 Å². The summed E-state index contributed by atoms with van der Waals surface area (Å²) in [7, 11) is 0. The van der Waals surface area contributed by atoms with Gasteiger partial charge in [-0.3, -0.25) is 0 Å². The third-order valence-corrected chi connectivity index (χ3v) is 4.27. The fourth-order valence-corrected chi connectivity index (χ4v) is 2.84. The maximum atomic E-state index is 3.42. The maximum Gasteiger partial charge on any atom is 0.0107 e. The lowest BCUT2D eigenvalue weighted by molar-refractivity contribution is 0.0717. The number of rotatable bonds is 5. The topological polar surface area (TPSA) is 18.5 Å². The monoisotopic (exact) mass is 253 g/mol. The molecule has 3 nitrogen and oxygen atoms in total. The molecular weight excluding hydrogens is 222 g/mol. The molecule has 0 unspecified atom stereocenters. The van der Waals surface area contributed by atoms with Gasteiger partial charge in [-0.25, -0.2) is 0 Å². The summed E-state index contributed by atoms with van der Waals surface area (Å²) >= 11 is 0. The molecule has 0 aliphatic carbocycles. The molecule has 106 valence electrons. The first-order chi connectivity index (χ1) is 8.53. The number of nitrogens with zero attached hydrogens (tertiary/aromatic N) is 2. The number of nitrogens with one attached hydrogen (secondary N) is 1. The summed E-state index contributed by atoms with van der Waals surface area (Å²) in [5.41, 5.74) is 0.492. The zero-order valence-corrected chi connectivity index (χ0v) is 12.5. The van der Waals surface area contributed by atoms with Gasteiger partial charge in [0.25, 0.3) is 0 Å². The Kier molecular flexibility index (Phi) is 5.05. The first-order valence-corrected chi connectivity index (χ1v) is 7.68. The van der Waals surface area contributed by atoms with Crippen LogP contribution in [-0.2, 0) is 0 Å². The highest BCUT2D eigenvalue weighted by atomic mass is 15.2. The average Bonchev–Trinajstić information content (AvgIpc) is 2.26. The molecule has 0 aromatic heterocycles. The Balaban J connectivity index is 1.51. The van der Waals surface area contributed by atoms with Crippen LogP contribution in [0.25, 0.3) is 0 Å². The number of hydrogen-bond donors (Lipinski definition) is 1. The van der Waals surface area contributed by atoms with E-state index < -0.39 is 0 Å². The Bertz CT molecular complexity index is 235. The van der Waals surface area contributed by atoms with Crippen molar-refractivity contribution >= 4 is 0 Å². The summed E-state index contributed by atoms with van der Waals surface area (Å²) in [6, 6.07) is 0. The molecule has 2 rings (SSSR count). The van der Waals surface area contributed by atoms with Crippen molar-refractivity contribution in [1.82, 2.24) is 15.1 Å². The van der Waals surface area contributed by atoms with Crippen LogP contribution in [0.15, 0.2) is 0 Å². The van der Waals surface area contributed by atoms with Crippen molar-refractivity contribution < 1.29 is 0 Å². The fourth-order valence-electron chi connectivity index (χ4n) is 2.84. The van der Waals surface area contributed by atoms with Gasteiger partial charge in [-0.2, -0.15) is 0 Å². The molecule has 0 atom stereocenters. The summed E-state index contributed by atoms with van der Waals surface area (Å²) < 4.78 is 0. The molecule has 2 fully saturated rings. The van der Waals surface area contributed by atoms with E-state index in [2.05, 4.69) is 35.9 Å². The van der Waals surface area contributed by atoms with Crippen LogP contribution in [0.2, 0.25) is 0 Å². The highest BCUT2D eigenvalue weighted by molar-refractivity contribution is 4.82. The summed E-state index contributed by atoms with van der Waals surface area (Å²) in [6.45, 7) is 17.2. The van der Waals surface area contributed by atoms with Gasteiger partial charge in [-0.05, 0) is 37.3 Å².